The minimum absolute atomic E-state index is 0.0432. The molecule has 0 radical (unpaired) electrons. The van der Waals surface area contributed by atoms with Crippen LogP contribution in [-0.2, 0) is 14.3 Å². The van der Waals surface area contributed by atoms with E-state index in [1.54, 1.807) is 0 Å². The summed E-state index contributed by atoms with van der Waals surface area (Å²) in [5.74, 6) is 1.17. The third kappa shape index (κ3) is 3.14. The maximum absolute atomic E-state index is 13.7. The molecule has 0 aromatic carbocycles. The van der Waals surface area contributed by atoms with Gasteiger partial charge in [-0.2, -0.15) is 0 Å². The monoisotopic (exact) mass is 441 g/mol. The predicted octanol–water partition coefficient (Wildman–Crippen LogP) is 5.80. The molecule has 4 nitrogen and oxygen atoms in total. The van der Waals surface area contributed by atoms with Crippen molar-refractivity contribution < 1.29 is 14.3 Å². The Labute approximate surface area is 194 Å². The fourth-order valence-electron chi connectivity index (χ4n) is 9.50. The zero-order valence-electron chi connectivity index (χ0n) is 20.7. The highest BCUT2D eigenvalue weighted by atomic mass is 16.5. The van der Waals surface area contributed by atoms with Crippen LogP contribution in [-0.4, -0.2) is 24.5 Å². The molecule has 1 N–H and O–H groups in total. The van der Waals surface area contributed by atoms with Crippen LogP contribution in [0.5, 0.6) is 0 Å². The lowest BCUT2D eigenvalue weighted by molar-refractivity contribution is -0.198. The summed E-state index contributed by atoms with van der Waals surface area (Å²) < 4.78 is 5.71. The molecule has 32 heavy (non-hydrogen) atoms. The van der Waals surface area contributed by atoms with Crippen LogP contribution in [0.25, 0.3) is 0 Å². The highest BCUT2D eigenvalue weighted by Gasteiger charge is 2.70. The Bertz CT molecular complexity index is 811. The number of cyclic esters (lactones) is 1. The van der Waals surface area contributed by atoms with Crippen molar-refractivity contribution in [3.8, 4) is 0 Å². The molecule has 1 aliphatic heterocycles. The molecule has 178 valence electrons. The Kier molecular flexibility index (Phi) is 5.34. The van der Waals surface area contributed by atoms with Crippen LogP contribution in [0, 0.1) is 39.4 Å². The molecule has 0 aromatic heterocycles. The normalized spacial score (nSPS) is 45.8. The van der Waals surface area contributed by atoms with E-state index in [1.165, 1.54) is 25.7 Å². The van der Waals surface area contributed by atoms with E-state index in [2.05, 4.69) is 45.2 Å². The summed E-state index contributed by atoms with van der Waals surface area (Å²) in [7, 11) is 0. The SMILES string of the molecule is CC1(C)C=CC[C@]2(C)[C@H]3CC[C@H](C(=O)NC4CCCCC4)[C@]4(COC(=O)C4)[C@]3(C)CC[C@@H]12. The van der Waals surface area contributed by atoms with Crippen LogP contribution in [0.1, 0.15) is 98.3 Å². The van der Waals surface area contributed by atoms with E-state index < -0.39 is 0 Å². The summed E-state index contributed by atoms with van der Waals surface area (Å²) in [5, 5.41) is 3.43. The van der Waals surface area contributed by atoms with Crippen molar-refractivity contribution in [1.29, 1.82) is 0 Å². The second-order valence-corrected chi connectivity index (χ2v) is 13.0. The maximum atomic E-state index is 13.7. The lowest BCUT2D eigenvalue weighted by atomic mass is 9.36. The molecule has 0 bridgehead atoms. The van der Waals surface area contributed by atoms with Gasteiger partial charge >= 0.3 is 5.97 Å². The molecule has 4 aliphatic carbocycles. The second-order valence-electron chi connectivity index (χ2n) is 13.0. The van der Waals surface area contributed by atoms with Gasteiger partial charge < -0.3 is 10.1 Å². The molecule has 4 heteroatoms. The van der Waals surface area contributed by atoms with E-state index in [0.717, 1.165) is 38.5 Å². The molecule has 6 atom stereocenters. The minimum atomic E-state index is -0.356. The van der Waals surface area contributed by atoms with E-state index in [0.29, 0.717) is 30.9 Å². The van der Waals surface area contributed by atoms with Gasteiger partial charge in [-0.05, 0) is 73.0 Å². The van der Waals surface area contributed by atoms with Crippen molar-refractivity contribution in [3.63, 3.8) is 0 Å². The minimum Gasteiger partial charge on any atom is -0.465 e. The number of esters is 1. The molecule has 0 unspecified atom stereocenters. The zero-order valence-corrected chi connectivity index (χ0v) is 20.7. The summed E-state index contributed by atoms with van der Waals surface area (Å²) in [5.41, 5.74) is 0.0247. The van der Waals surface area contributed by atoms with Crippen LogP contribution >= 0.6 is 0 Å². The van der Waals surface area contributed by atoms with Crippen molar-refractivity contribution in [1.82, 2.24) is 5.32 Å². The standard InChI is InChI=1S/C28H43NO3/c1-25(2)14-8-15-26(3)21(25)13-16-27(4)22(26)12-11-20(28(27)17-23(30)32-18-28)24(31)29-19-9-6-5-7-10-19/h8,14,19-22H,5-7,9-13,15-18H2,1-4H3,(H,29,31)/t20-,21+,22-,26+,27-,28+/m1/s1. The van der Waals surface area contributed by atoms with Gasteiger partial charge in [0.15, 0.2) is 0 Å². The first-order valence-corrected chi connectivity index (χ1v) is 13.3. The van der Waals surface area contributed by atoms with Crippen molar-refractivity contribution in [2.75, 3.05) is 6.61 Å². The number of allylic oxidation sites excluding steroid dienone is 2. The molecule has 1 spiro atoms. The van der Waals surface area contributed by atoms with Crippen LogP contribution < -0.4 is 5.32 Å². The maximum Gasteiger partial charge on any atom is 0.306 e. The molecular weight excluding hydrogens is 398 g/mol. The Balaban J connectivity index is 1.49. The number of nitrogens with one attached hydrogen (secondary N) is 1. The summed E-state index contributed by atoms with van der Waals surface area (Å²) in [6.07, 6.45) is 16.5. The van der Waals surface area contributed by atoms with E-state index in [1.807, 2.05) is 0 Å². The first-order valence-electron chi connectivity index (χ1n) is 13.3. The number of carbonyl (C=O) groups excluding carboxylic acids is 2. The molecule has 5 rings (SSSR count). The molecule has 3 saturated carbocycles. The number of hydrogen-bond donors (Lipinski definition) is 1. The molecule has 1 amide bonds. The van der Waals surface area contributed by atoms with Crippen LogP contribution in [0.4, 0.5) is 0 Å². The third-order valence-electron chi connectivity index (χ3n) is 11.1. The summed E-state index contributed by atoms with van der Waals surface area (Å²) in [4.78, 5) is 26.3. The van der Waals surface area contributed by atoms with Gasteiger partial charge in [-0.15, -0.1) is 0 Å². The Morgan fingerprint density at radius 1 is 1.00 bits per heavy atom. The number of ether oxygens (including phenoxy) is 1. The molecule has 5 aliphatic rings. The van der Waals surface area contributed by atoms with Gasteiger partial charge in [-0.3, -0.25) is 9.59 Å². The average molecular weight is 442 g/mol. The first-order chi connectivity index (χ1) is 15.1. The van der Waals surface area contributed by atoms with Crippen LogP contribution in [0.3, 0.4) is 0 Å². The number of hydrogen-bond acceptors (Lipinski definition) is 3. The first kappa shape index (κ1) is 22.5. The third-order valence-corrected chi connectivity index (χ3v) is 11.1. The van der Waals surface area contributed by atoms with E-state index in [4.69, 9.17) is 4.74 Å². The predicted molar refractivity (Wildman–Crippen MR) is 126 cm³/mol. The molecular formula is C28H43NO3. The number of amides is 1. The Morgan fingerprint density at radius 3 is 2.44 bits per heavy atom. The zero-order chi connectivity index (χ0) is 22.8. The fourth-order valence-corrected chi connectivity index (χ4v) is 9.50. The molecule has 1 saturated heterocycles. The van der Waals surface area contributed by atoms with Gasteiger partial charge in [0.05, 0.1) is 13.0 Å². The second kappa shape index (κ2) is 7.60. The number of rotatable bonds is 2. The summed E-state index contributed by atoms with van der Waals surface area (Å²) in [6.45, 7) is 10.2. The van der Waals surface area contributed by atoms with Crippen molar-refractivity contribution >= 4 is 11.9 Å². The van der Waals surface area contributed by atoms with Crippen molar-refractivity contribution in [2.45, 2.75) is 104 Å². The summed E-state index contributed by atoms with van der Waals surface area (Å²) >= 11 is 0. The molecule has 4 fully saturated rings. The Hall–Kier alpha value is -1.32. The largest absolute Gasteiger partial charge is 0.465 e. The van der Waals surface area contributed by atoms with E-state index in [-0.39, 0.29) is 39.5 Å². The van der Waals surface area contributed by atoms with E-state index >= 15 is 0 Å². The number of fused-ring (bicyclic) bond motifs is 4. The van der Waals surface area contributed by atoms with Gasteiger partial charge in [-0.25, -0.2) is 0 Å². The number of carbonyl (C=O) groups is 2. The van der Waals surface area contributed by atoms with Crippen LogP contribution in [0.2, 0.25) is 0 Å². The smallest absolute Gasteiger partial charge is 0.306 e. The fraction of sp³-hybridized carbons (Fsp3) is 0.857. The quantitative estimate of drug-likeness (QED) is 0.435. The average Bonchev–Trinajstić information content (AvgIpc) is 3.12. The van der Waals surface area contributed by atoms with Crippen LogP contribution in [0.15, 0.2) is 12.2 Å². The van der Waals surface area contributed by atoms with Crippen molar-refractivity contribution in [3.05, 3.63) is 12.2 Å². The summed E-state index contributed by atoms with van der Waals surface area (Å²) in [6, 6.07) is 0.314. The van der Waals surface area contributed by atoms with Gasteiger partial charge in [-0.1, -0.05) is 59.1 Å². The molecule has 0 aromatic rings. The highest BCUT2D eigenvalue weighted by Crippen LogP contribution is 2.72. The Morgan fingerprint density at radius 2 is 1.75 bits per heavy atom. The lowest BCUT2D eigenvalue weighted by Gasteiger charge is -2.68. The van der Waals surface area contributed by atoms with Crippen molar-refractivity contribution in [2.24, 2.45) is 39.4 Å². The lowest BCUT2D eigenvalue weighted by Crippen LogP contribution is -2.65. The van der Waals surface area contributed by atoms with Gasteiger partial charge in [0.2, 0.25) is 5.91 Å². The van der Waals surface area contributed by atoms with Gasteiger partial charge in [0.25, 0.3) is 0 Å². The van der Waals surface area contributed by atoms with Gasteiger partial charge in [0.1, 0.15) is 0 Å². The van der Waals surface area contributed by atoms with E-state index in [9.17, 15) is 9.59 Å². The molecule has 1 heterocycles. The topological polar surface area (TPSA) is 55.4 Å². The highest BCUT2D eigenvalue weighted by molar-refractivity contribution is 5.83. The van der Waals surface area contributed by atoms with Gasteiger partial charge in [0, 0.05) is 17.4 Å².